The van der Waals surface area contributed by atoms with Crippen LogP contribution in [-0.4, -0.2) is 20.8 Å². The number of halogens is 1. The molecule has 0 spiro atoms. The smallest absolute Gasteiger partial charge is 0.230 e. The van der Waals surface area contributed by atoms with Crippen molar-refractivity contribution in [3.8, 4) is 0 Å². The fourth-order valence-corrected chi connectivity index (χ4v) is 2.72. The van der Waals surface area contributed by atoms with Crippen LogP contribution in [0.15, 0.2) is 36.8 Å². The van der Waals surface area contributed by atoms with Crippen LogP contribution < -0.4 is 0 Å². The molecule has 0 aliphatic carbocycles. The lowest BCUT2D eigenvalue weighted by atomic mass is 9.95. The Hall–Kier alpha value is -2.30. The number of rotatable bonds is 3. The van der Waals surface area contributed by atoms with Gasteiger partial charge < -0.3 is 4.90 Å². The Bertz CT molecular complexity index is 632. The molecule has 2 aromatic rings. The molecule has 4 nitrogen and oxygen atoms in total. The number of hydrogen-bond donors (Lipinski definition) is 0. The van der Waals surface area contributed by atoms with Crippen LogP contribution in [0.2, 0.25) is 0 Å². The van der Waals surface area contributed by atoms with E-state index >= 15 is 0 Å². The minimum atomic E-state index is -0.287. The topological polar surface area (TPSA) is 46.1 Å². The van der Waals surface area contributed by atoms with E-state index in [-0.39, 0.29) is 17.6 Å². The van der Waals surface area contributed by atoms with Gasteiger partial charge in [-0.3, -0.25) is 4.79 Å². The maximum atomic E-state index is 13.0. The normalized spacial score (nSPS) is 14.9. The van der Waals surface area contributed by atoms with Crippen LogP contribution in [-0.2, 0) is 17.9 Å². The van der Waals surface area contributed by atoms with E-state index in [4.69, 9.17) is 0 Å². The molecule has 108 valence electrons. The molecule has 1 atom stereocenters. The van der Waals surface area contributed by atoms with E-state index in [1.54, 1.807) is 23.2 Å². The van der Waals surface area contributed by atoms with Crippen molar-refractivity contribution in [1.29, 1.82) is 0 Å². The highest BCUT2D eigenvalue weighted by Gasteiger charge is 2.29. The van der Waals surface area contributed by atoms with Crippen LogP contribution in [0.25, 0.3) is 0 Å². The summed E-state index contributed by atoms with van der Waals surface area (Å²) >= 11 is 0. The Morgan fingerprint density at radius 2 is 2.10 bits per heavy atom. The van der Waals surface area contributed by atoms with Crippen molar-refractivity contribution in [1.82, 2.24) is 14.9 Å². The molecular formula is C16H16FN3O. The summed E-state index contributed by atoms with van der Waals surface area (Å²) in [7, 11) is 0. The maximum absolute atomic E-state index is 13.0. The third-order valence-corrected chi connectivity index (χ3v) is 3.87. The standard InChI is InChI=1S/C16H16FN3O/c1-2-14(11-3-5-13(17)6-4-11)16(21)20-8-12-7-18-10-19-15(12)9-20/h3-7,10,14H,2,8-9H2,1H3. The number of benzene rings is 1. The zero-order valence-electron chi connectivity index (χ0n) is 11.8. The number of carbonyl (C=O) groups is 1. The number of fused-ring (bicyclic) bond motifs is 1. The molecule has 0 N–H and O–H groups in total. The van der Waals surface area contributed by atoms with Crippen molar-refractivity contribution in [3.63, 3.8) is 0 Å². The second-order valence-corrected chi connectivity index (χ2v) is 5.20. The van der Waals surface area contributed by atoms with Crippen molar-refractivity contribution in [2.24, 2.45) is 0 Å². The van der Waals surface area contributed by atoms with E-state index < -0.39 is 0 Å². The van der Waals surface area contributed by atoms with Crippen LogP contribution in [0.1, 0.15) is 36.1 Å². The zero-order chi connectivity index (χ0) is 14.8. The van der Waals surface area contributed by atoms with Crippen LogP contribution in [0, 0.1) is 5.82 Å². The minimum absolute atomic E-state index is 0.0575. The van der Waals surface area contributed by atoms with E-state index in [0.717, 1.165) is 16.8 Å². The van der Waals surface area contributed by atoms with Crippen molar-refractivity contribution >= 4 is 5.91 Å². The Balaban J connectivity index is 1.80. The molecule has 3 rings (SSSR count). The summed E-state index contributed by atoms with van der Waals surface area (Å²) in [6, 6.07) is 6.17. The number of aromatic nitrogens is 2. The molecule has 1 aliphatic heterocycles. The van der Waals surface area contributed by atoms with Crippen LogP contribution in [0.3, 0.4) is 0 Å². The SMILES string of the molecule is CCC(C(=O)N1Cc2cncnc2C1)c1ccc(F)cc1. The molecule has 1 amide bonds. The largest absolute Gasteiger partial charge is 0.332 e. The molecule has 1 aliphatic rings. The number of hydrogen-bond acceptors (Lipinski definition) is 3. The molecule has 21 heavy (non-hydrogen) atoms. The first-order chi connectivity index (χ1) is 10.2. The van der Waals surface area contributed by atoms with Crippen molar-refractivity contribution in [2.45, 2.75) is 32.4 Å². The monoisotopic (exact) mass is 285 g/mol. The second-order valence-electron chi connectivity index (χ2n) is 5.20. The molecular weight excluding hydrogens is 269 g/mol. The summed E-state index contributed by atoms with van der Waals surface area (Å²) in [5, 5.41) is 0. The van der Waals surface area contributed by atoms with E-state index in [9.17, 15) is 9.18 Å². The lowest BCUT2D eigenvalue weighted by Crippen LogP contribution is -2.30. The first-order valence-electron chi connectivity index (χ1n) is 7.01. The van der Waals surface area contributed by atoms with Gasteiger partial charge >= 0.3 is 0 Å². The maximum Gasteiger partial charge on any atom is 0.230 e. The van der Waals surface area contributed by atoms with Gasteiger partial charge in [-0.1, -0.05) is 19.1 Å². The highest BCUT2D eigenvalue weighted by Crippen LogP contribution is 2.27. The van der Waals surface area contributed by atoms with Gasteiger partial charge in [0.15, 0.2) is 0 Å². The van der Waals surface area contributed by atoms with Gasteiger partial charge in [0.05, 0.1) is 18.2 Å². The van der Waals surface area contributed by atoms with E-state index in [2.05, 4.69) is 9.97 Å². The Morgan fingerprint density at radius 3 is 2.76 bits per heavy atom. The van der Waals surface area contributed by atoms with E-state index in [1.807, 2.05) is 6.92 Å². The molecule has 0 fully saturated rings. The minimum Gasteiger partial charge on any atom is -0.332 e. The van der Waals surface area contributed by atoms with Gasteiger partial charge in [0.1, 0.15) is 12.1 Å². The Morgan fingerprint density at radius 1 is 1.33 bits per heavy atom. The summed E-state index contributed by atoms with van der Waals surface area (Å²) in [5.41, 5.74) is 2.76. The zero-order valence-corrected chi connectivity index (χ0v) is 11.8. The summed E-state index contributed by atoms with van der Waals surface area (Å²) in [6.45, 7) is 3.04. The molecule has 0 bridgehead atoms. The summed E-state index contributed by atoms with van der Waals surface area (Å²) in [5.74, 6) is -0.472. The molecule has 0 saturated heterocycles. The average molecular weight is 285 g/mol. The summed E-state index contributed by atoms with van der Waals surface area (Å²) in [6.07, 6.45) is 3.95. The molecule has 0 saturated carbocycles. The van der Waals surface area contributed by atoms with Crippen LogP contribution in [0.5, 0.6) is 0 Å². The number of amides is 1. The van der Waals surface area contributed by atoms with Gasteiger partial charge in [-0.2, -0.15) is 0 Å². The number of carbonyl (C=O) groups excluding carboxylic acids is 1. The van der Waals surface area contributed by atoms with Crippen molar-refractivity contribution < 1.29 is 9.18 Å². The predicted octanol–water partition coefficient (Wildman–Crippen LogP) is 2.65. The molecule has 1 aromatic heterocycles. The fraction of sp³-hybridized carbons (Fsp3) is 0.312. The van der Waals surface area contributed by atoms with Gasteiger partial charge in [-0.25, -0.2) is 14.4 Å². The van der Waals surface area contributed by atoms with Crippen molar-refractivity contribution in [2.75, 3.05) is 0 Å². The van der Waals surface area contributed by atoms with Gasteiger partial charge in [-0.05, 0) is 24.1 Å². The lowest BCUT2D eigenvalue weighted by Gasteiger charge is -2.22. The first kappa shape index (κ1) is 13.7. The first-order valence-corrected chi connectivity index (χ1v) is 7.01. The van der Waals surface area contributed by atoms with Crippen molar-refractivity contribution in [3.05, 3.63) is 59.4 Å². The highest BCUT2D eigenvalue weighted by atomic mass is 19.1. The predicted molar refractivity (Wildman–Crippen MR) is 75.7 cm³/mol. The van der Waals surface area contributed by atoms with Crippen LogP contribution in [0.4, 0.5) is 4.39 Å². The van der Waals surface area contributed by atoms with Gasteiger partial charge in [0, 0.05) is 18.3 Å². The molecule has 5 heteroatoms. The van der Waals surface area contributed by atoms with E-state index in [0.29, 0.717) is 19.5 Å². The van der Waals surface area contributed by atoms with Gasteiger partial charge in [0.2, 0.25) is 5.91 Å². The Kier molecular flexibility index (Phi) is 3.64. The van der Waals surface area contributed by atoms with Crippen LogP contribution >= 0.6 is 0 Å². The fourth-order valence-electron chi connectivity index (χ4n) is 2.72. The summed E-state index contributed by atoms with van der Waals surface area (Å²) in [4.78, 5) is 22.7. The Labute approximate surface area is 122 Å². The van der Waals surface area contributed by atoms with Gasteiger partial charge in [-0.15, -0.1) is 0 Å². The molecule has 2 heterocycles. The lowest BCUT2D eigenvalue weighted by molar-refractivity contribution is -0.133. The van der Waals surface area contributed by atoms with Gasteiger partial charge in [0.25, 0.3) is 0 Å². The third kappa shape index (κ3) is 2.63. The summed E-state index contributed by atoms with van der Waals surface area (Å²) < 4.78 is 13.0. The third-order valence-electron chi connectivity index (χ3n) is 3.87. The molecule has 0 radical (unpaired) electrons. The quantitative estimate of drug-likeness (QED) is 0.871. The molecule has 1 unspecified atom stereocenters. The molecule has 1 aromatic carbocycles. The highest BCUT2D eigenvalue weighted by molar-refractivity contribution is 5.84. The average Bonchev–Trinajstić information content (AvgIpc) is 2.93. The van der Waals surface area contributed by atoms with E-state index in [1.165, 1.54) is 18.5 Å². The number of nitrogens with zero attached hydrogens (tertiary/aromatic N) is 3. The second kappa shape index (κ2) is 5.60.